The van der Waals surface area contributed by atoms with Crippen molar-refractivity contribution in [1.29, 1.82) is 0 Å². The fourth-order valence-electron chi connectivity index (χ4n) is 5.74. The third kappa shape index (κ3) is 18.0. The highest BCUT2D eigenvalue weighted by atomic mass is 127. The average molecular weight is 1240 g/mol. The molecule has 0 aliphatic heterocycles. The molecule has 2 aromatic rings. The fraction of sp³-hybridized carbons (Fsp3) is 0.556. The zero-order valence-corrected chi connectivity index (χ0v) is 39.0. The molecule has 30 heteroatoms. The summed E-state index contributed by atoms with van der Waals surface area (Å²) in [6.07, 6.45) is -28.2. The Morgan fingerprint density at radius 2 is 0.909 bits per heavy atom. The first-order valence-electron chi connectivity index (χ1n) is 18.3. The second-order valence-electron chi connectivity index (χ2n) is 14.2. The predicted octanol–water partition coefficient (Wildman–Crippen LogP) is 7.59. The van der Waals surface area contributed by atoms with E-state index in [4.69, 9.17) is 9.47 Å². The Balaban J connectivity index is 0.000000454. The molecule has 0 unspecified atom stereocenters. The third-order valence-corrected chi connectivity index (χ3v) is 12.1. The smallest absolute Gasteiger partial charge is 0.438 e. The molecule has 2 aromatic carbocycles. The molecule has 66 heavy (non-hydrogen) atoms. The summed E-state index contributed by atoms with van der Waals surface area (Å²) in [5, 5.41) is 0. The van der Waals surface area contributed by atoms with Gasteiger partial charge in [-0.15, -0.1) is 0 Å². The summed E-state index contributed by atoms with van der Waals surface area (Å²) in [6, 6.07) is 14.3. The highest BCUT2D eigenvalue weighted by Gasteiger charge is 2.76. The van der Waals surface area contributed by atoms with Crippen LogP contribution < -0.4 is 0 Å². The van der Waals surface area contributed by atoms with E-state index in [1.807, 2.05) is 12.1 Å². The van der Waals surface area contributed by atoms with Crippen LogP contribution in [0.2, 0.25) is 0 Å². The minimum absolute atomic E-state index is 0.0406. The molecular formula is C36H34F12I2O14S2-2. The van der Waals surface area contributed by atoms with Gasteiger partial charge in [-0.3, -0.25) is 19.2 Å². The zero-order chi connectivity index (χ0) is 50.7. The molecule has 1 aliphatic rings. The van der Waals surface area contributed by atoms with Gasteiger partial charge in [0.2, 0.25) is 0 Å². The number of rotatable bonds is 17. The summed E-state index contributed by atoms with van der Waals surface area (Å²) >= 11 is 4.18. The second kappa shape index (κ2) is 23.4. The van der Waals surface area contributed by atoms with Gasteiger partial charge in [0, 0.05) is 26.4 Å². The summed E-state index contributed by atoms with van der Waals surface area (Å²) in [4.78, 5) is 47.6. The van der Waals surface area contributed by atoms with E-state index < -0.39 is 123 Å². The summed E-state index contributed by atoms with van der Waals surface area (Å²) in [5.74, 6) is -13.8. The van der Waals surface area contributed by atoms with E-state index in [0.29, 0.717) is 12.0 Å². The summed E-state index contributed by atoms with van der Waals surface area (Å²) < 4.78 is 241. The van der Waals surface area contributed by atoms with E-state index in [9.17, 15) is 97.8 Å². The Bertz CT molecular complexity index is 2160. The number of carbonyl (C=O) groups is 4. The van der Waals surface area contributed by atoms with Gasteiger partial charge >= 0.3 is 59.8 Å². The predicted molar refractivity (Wildman–Crippen MR) is 213 cm³/mol. The quantitative estimate of drug-likeness (QED) is 0.0490. The van der Waals surface area contributed by atoms with Crippen LogP contribution in [-0.4, -0.2) is 104 Å². The molecule has 0 amide bonds. The number of benzene rings is 2. The van der Waals surface area contributed by atoms with Gasteiger partial charge in [0.25, 0.3) is 0 Å². The van der Waals surface area contributed by atoms with Crippen molar-refractivity contribution in [3.8, 4) is 0 Å². The van der Waals surface area contributed by atoms with Gasteiger partial charge in [-0.2, -0.15) is 52.7 Å². The summed E-state index contributed by atoms with van der Waals surface area (Å²) in [7, 11) is -12.2. The Labute approximate surface area is 394 Å². The van der Waals surface area contributed by atoms with Crippen LogP contribution in [0.3, 0.4) is 0 Å². The van der Waals surface area contributed by atoms with Gasteiger partial charge in [-0.1, -0.05) is 24.3 Å². The van der Waals surface area contributed by atoms with Crippen LogP contribution >= 0.6 is 45.2 Å². The summed E-state index contributed by atoms with van der Waals surface area (Å²) in [6.45, 7) is -0.0857. The standard InChI is InChI=1S/C19H19F6IO7S.C17H17F6IO7S/c20-18(21,22)17(19(23,24)25,10-34(29,30)31)33-16(28)13-5-3-12(4-6-13)15(27)32-9-11-1-7-14(26)8-2-11;18-16(19,20)15(17(21,22)23,10-32(27,28)29)31-14(26)3-1-2-13(25)30-9-8-11-4-6-12(24)7-5-11/h1-2,7-8,12-13H,3-6,9-10H2,(H,29,30,31);4-7H,1-3,8-10H2,(H,27,28,29)/p-2. The molecule has 0 bridgehead atoms. The molecule has 1 saturated carbocycles. The lowest BCUT2D eigenvalue weighted by Gasteiger charge is -2.38. The van der Waals surface area contributed by atoms with E-state index in [2.05, 4.69) is 54.7 Å². The van der Waals surface area contributed by atoms with E-state index >= 15 is 0 Å². The van der Waals surface area contributed by atoms with Crippen LogP contribution in [-0.2, 0) is 71.4 Å². The first-order valence-corrected chi connectivity index (χ1v) is 23.6. The largest absolute Gasteiger partial charge is 0.748 e. The fourth-order valence-corrected chi connectivity index (χ4v) is 8.23. The average Bonchev–Trinajstić information content (AvgIpc) is 3.15. The molecule has 1 fully saturated rings. The SMILES string of the molecule is O=C(CCCC(=O)OC(CS(=O)(=O)[O-])(C(F)(F)F)C(F)(F)F)OCCc1ccc(I)cc1.O=C(OCc1ccc(I)cc1)C1CCC(C(=O)OC(CS(=O)(=O)[O-])(C(F)(F)F)C(F)(F)F)CC1. The van der Waals surface area contributed by atoms with Crippen LogP contribution in [0, 0.1) is 19.0 Å². The lowest BCUT2D eigenvalue weighted by molar-refractivity contribution is -0.362. The van der Waals surface area contributed by atoms with Crippen molar-refractivity contribution in [1.82, 2.24) is 0 Å². The van der Waals surface area contributed by atoms with Crippen LogP contribution in [0.5, 0.6) is 0 Å². The number of carbonyl (C=O) groups excluding carboxylic acids is 4. The minimum Gasteiger partial charge on any atom is -0.748 e. The highest BCUT2D eigenvalue weighted by Crippen LogP contribution is 2.49. The summed E-state index contributed by atoms with van der Waals surface area (Å²) in [5.41, 5.74) is -9.46. The normalized spacial score (nSPS) is 16.6. The van der Waals surface area contributed by atoms with Crippen molar-refractivity contribution in [3.05, 3.63) is 66.8 Å². The molecule has 0 N–H and O–H groups in total. The van der Waals surface area contributed by atoms with Crippen molar-refractivity contribution in [3.63, 3.8) is 0 Å². The second-order valence-corrected chi connectivity index (χ2v) is 19.5. The number of hydrogen-bond donors (Lipinski definition) is 0. The number of esters is 4. The first kappa shape index (κ1) is 58.9. The van der Waals surface area contributed by atoms with Crippen molar-refractivity contribution in [2.75, 3.05) is 18.1 Å². The Kier molecular flexibility index (Phi) is 20.9. The van der Waals surface area contributed by atoms with E-state index in [1.165, 1.54) is 0 Å². The van der Waals surface area contributed by atoms with Crippen LogP contribution in [0.1, 0.15) is 56.1 Å². The van der Waals surface area contributed by atoms with Crippen molar-refractivity contribution in [2.24, 2.45) is 11.8 Å². The molecule has 0 atom stereocenters. The molecule has 0 radical (unpaired) electrons. The maximum Gasteiger partial charge on any atom is 0.438 e. The molecule has 0 heterocycles. The van der Waals surface area contributed by atoms with Crippen molar-refractivity contribution in [2.45, 2.75) is 93.9 Å². The number of halogens is 14. The van der Waals surface area contributed by atoms with Crippen molar-refractivity contribution < 1.29 is 117 Å². The van der Waals surface area contributed by atoms with Gasteiger partial charge in [-0.25, -0.2) is 16.8 Å². The molecule has 1 aliphatic carbocycles. The number of alkyl halides is 12. The van der Waals surface area contributed by atoms with E-state index in [-0.39, 0.29) is 38.9 Å². The van der Waals surface area contributed by atoms with Crippen LogP contribution in [0.25, 0.3) is 0 Å². The van der Waals surface area contributed by atoms with E-state index in [0.717, 1.165) is 12.7 Å². The Morgan fingerprint density at radius 1 is 0.545 bits per heavy atom. The van der Waals surface area contributed by atoms with E-state index in [1.54, 1.807) is 36.4 Å². The molecule has 3 rings (SSSR count). The molecular weight excluding hydrogens is 1200 g/mol. The minimum atomic E-state index is -6.44. The lowest BCUT2D eigenvalue weighted by Crippen LogP contribution is -2.64. The van der Waals surface area contributed by atoms with Crippen LogP contribution in [0.4, 0.5) is 52.7 Å². The van der Waals surface area contributed by atoms with Gasteiger partial charge in [0.05, 0.1) is 50.2 Å². The number of hydrogen-bond acceptors (Lipinski definition) is 14. The molecule has 0 spiro atoms. The zero-order valence-electron chi connectivity index (χ0n) is 33.1. The van der Waals surface area contributed by atoms with Gasteiger partial charge in [0.15, 0.2) is 0 Å². The topological polar surface area (TPSA) is 220 Å². The van der Waals surface area contributed by atoms with Gasteiger partial charge in [0.1, 0.15) is 6.61 Å². The highest BCUT2D eigenvalue weighted by molar-refractivity contribution is 14.1. The molecule has 0 saturated heterocycles. The van der Waals surface area contributed by atoms with Gasteiger partial charge in [-0.05, 0) is 113 Å². The molecule has 0 aromatic heterocycles. The maximum absolute atomic E-state index is 13.3. The first-order chi connectivity index (χ1) is 29.9. The number of ether oxygens (including phenoxy) is 4. The van der Waals surface area contributed by atoms with Crippen molar-refractivity contribution >= 4 is 89.3 Å². The third-order valence-electron chi connectivity index (χ3n) is 9.17. The molecule has 14 nitrogen and oxygen atoms in total. The monoisotopic (exact) mass is 1240 g/mol. The van der Waals surface area contributed by atoms with Gasteiger partial charge < -0.3 is 28.1 Å². The molecule has 374 valence electrons. The Morgan fingerprint density at radius 3 is 1.30 bits per heavy atom. The maximum atomic E-state index is 13.3. The van der Waals surface area contributed by atoms with Crippen LogP contribution in [0.15, 0.2) is 48.5 Å². The lowest BCUT2D eigenvalue weighted by atomic mass is 9.82. The Hall–Kier alpha value is -3.24.